The first-order valence-electron chi connectivity index (χ1n) is 16.9. The predicted molar refractivity (Wildman–Crippen MR) is 194 cm³/mol. The van der Waals surface area contributed by atoms with Crippen molar-refractivity contribution in [2.75, 3.05) is 39.4 Å². The van der Waals surface area contributed by atoms with E-state index in [4.69, 9.17) is 16.2 Å². The summed E-state index contributed by atoms with van der Waals surface area (Å²) >= 11 is 1.45. The molecule has 50 heavy (non-hydrogen) atoms. The Morgan fingerprint density at radius 2 is 2.08 bits per heavy atom. The van der Waals surface area contributed by atoms with Crippen LogP contribution in [0.5, 0.6) is 5.75 Å². The first-order valence-corrected chi connectivity index (χ1v) is 17.8. The second-order valence-corrected chi connectivity index (χ2v) is 14.6. The molecule has 3 atom stereocenters. The maximum atomic E-state index is 17.4. The van der Waals surface area contributed by atoms with Gasteiger partial charge in [0.1, 0.15) is 34.4 Å². The van der Waals surface area contributed by atoms with Gasteiger partial charge in [0.2, 0.25) is 0 Å². The number of aliphatic imine (C=N–C) groups is 3. The van der Waals surface area contributed by atoms with Crippen LogP contribution in [0.4, 0.5) is 8.78 Å². The normalized spacial score (nSPS) is 27.8. The van der Waals surface area contributed by atoms with E-state index in [9.17, 15) is 10.2 Å². The lowest BCUT2D eigenvalue weighted by atomic mass is 9.74. The Balaban J connectivity index is 1.37. The lowest BCUT2D eigenvalue weighted by Gasteiger charge is -2.46. The third-order valence-electron chi connectivity index (χ3n) is 10.4. The number of halogens is 2. The van der Waals surface area contributed by atoms with Crippen molar-refractivity contribution in [1.29, 1.82) is 0 Å². The number of terminal acetylenes is 1. The summed E-state index contributed by atoms with van der Waals surface area (Å²) in [7, 11) is 0. The number of aliphatic hydroxyl groups is 1. The van der Waals surface area contributed by atoms with E-state index in [-0.39, 0.29) is 58.3 Å². The fourth-order valence-electron chi connectivity index (χ4n) is 8.28. The van der Waals surface area contributed by atoms with Gasteiger partial charge in [0.15, 0.2) is 5.83 Å². The van der Waals surface area contributed by atoms with Gasteiger partial charge >= 0.3 is 0 Å². The van der Waals surface area contributed by atoms with Crippen LogP contribution in [0.2, 0.25) is 0 Å². The van der Waals surface area contributed by atoms with Crippen LogP contribution in [0.3, 0.4) is 0 Å². The molecule has 3 fully saturated rings. The monoisotopic (exact) mass is 698 g/mol. The van der Waals surface area contributed by atoms with Crippen LogP contribution < -0.4 is 0 Å². The predicted octanol–water partition coefficient (Wildman–Crippen LogP) is 6.12. The van der Waals surface area contributed by atoms with Gasteiger partial charge in [-0.15, -0.1) is 6.42 Å². The second-order valence-electron chi connectivity index (χ2n) is 14.0. The van der Waals surface area contributed by atoms with Crippen LogP contribution in [-0.2, 0) is 11.3 Å². The van der Waals surface area contributed by atoms with Gasteiger partial charge in [0.25, 0.3) is 0 Å². The fourth-order valence-corrected chi connectivity index (χ4v) is 8.80. The highest BCUT2D eigenvalue weighted by Gasteiger charge is 2.48. The summed E-state index contributed by atoms with van der Waals surface area (Å²) in [5.74, 6) is 1.19. The number of phenols is 1. The van der Waals surface area contributed by atoms with Gasteiger partial charge in [-0.05, 0) is 86.6 Å². The van der Waals surface area contributed by atoms with Crippen molar-refractivity contribution in [3.63, 3.8) is 0 Å². The summed E-state index contributed by atoms with van der Waals surface area (Å²) in [5.41, 5.74) is 0.171. The third kappa shape index (κ3) is 6.39. The molecule has 1 saturated carbocycles. The quantitative estimate of drug-likeness (QED) is 0.228. The van der Waals surface area contributed by atoms with Crippen LogP contribution in [0.1, 0.15) is 55.7 Å². The molecule has 1 aromatic heterocycles. The molecule has 3 aromatic rings. The minimum atomic E-state index is -1.19. The van der Waals surface area contributed by atoms with Crippen molar-refractivity contribution >= 4 is 46.6 Å². The Hall–Kier alpha value is -4.28. The number of ether oxygens (including phenoxy) is 1. The van der Waals surface area contributed by atoms with Crippen LogP contribution in [0.15, 0.2) is 68.0 Å². The molecule has 2 aromatic carbocycles. The van der Waals surface area contributed by atoms with Gasteiger partial charge in [-0.25, -0.2) is 18.1 Å². The number of aromatic nitrogens is 1. The van der Waals surface area contributed by atoms with Crippen LogP contribution >= 0.6 is 11.5 Å². The van der Waals surface area contributed by atoms with Crippen LogP contribution in [0.25, 0.3) is 16.5 Å². The number of β-amino-alcohol motifs (C(OH)–C–C–N with tert-alkyl or cyclic N) is 1. The number of hydrogen-bond acceptors (Lipinski definition) is 10. The van der Waals surface area contributed by atoms with E-state index in [0.29, 0.717) is 36.5 Å². The number of aromatic hydroxyl groups is 1. The van der Waals surface area contributed by atoms with E-state index in [1.165, 1.54) is 47.6 Å². The lowest BCUT2D eigenvalue weighted by Crippen LogP contribution is -2.50. The van der Waals surface area contributed by atoms with Crippen molar-refractivity contribution in [2.24, 2.45) is 20.4 Å². The van der Waals surface area contributed by atoms with Gasteiger partial charge in [-0.1, -0.05) is 18.4 Å². The molecule has 4 aliphatic rings. The van der Waals surface area contributed by atoms with Gasteiger partial charge in [0, 0.05) is 59.8 Å². The Kier molecular flexibility index (Phi) is 9.43. The molecular formula is C38H40F2N6O3S. The van der Waals surface area contributed by atoms with E-state index in [2.05, 4.69) is 37.3 Å². The minimum Gasteiger partial charge on any atom is -0.508 e. The molecular weight excluding hydrogens is 659 g/mol. The van der Waals surface area contributed by atoms with Crippen molar-refractivity contribution in [3.05, 3.63) is 75.6 Å². The number of hydrogen-bond donors (Lipinski definition) is 2. The van der Waals surface area contributed by atoms with E-state index in [1.54, 1.807) is 6.92 Å². The molecule has 3 aliphatic heterocycles. The lowest BCUT2D eigenvalue weighted by molar-refractivity contribution is -0.0198. The first-order chi connectivity index (χ1) is 24.1. The molecule has 4 heterocycles. The number of allylic oxidation sites excluding steroid dienone is 2. The van der Waals surface area contributed by atoms with Crippen molar-refractivity contribution in [3.8, 4) is 18.1 Å². The van der Waals surface area contributed by atoms with Crippen molar-refractivity contribution in [2.45, 2.75) is 57.2 Å². The van der Waals surface area contributed by atoms with Gasteiger partial charge in [0.05, 0.1) is 30.9 Å². The molecule has 7 rings (SSSR count). The van der Waals surface area contributed by atoms with Crippen molar-refractivity contribution < 1.29 is 23.7 Å². The third-order valence-corrected chi connectivity index (χ3v) is 11.1. The van der Waals surface area contributed by atoms with Crippen molar-refractivity contribution in [1.82, 2.24) is 14.2 Å². The number of benzene rings is 2. The van der Waals surface area contributed by atoms with E-state index < -0.39 is 17.2 Å². The fraction of sp³-hybridized carbons (Fsp3) is 0.421. The summed E-state index contributed by atoms with van der Waals surface area (Å²) in [6, 6.07) is 5.81. The first kappa shape index (κ1) is 34.2. The van der Waals surface area contributed by atoms with Gasteiger partial charge in [-0.2, -0.15) is 0 Å². The highest BCUT2D eigenvalue weighted by atomic mass is 32.1. The number of nitrogens with zero attached hydrogens (tertiary/aromatic N) is 6. The topological polar surface area (TPSA) is 106 Å². The molecule has 0 bridgehead atoms. The Morgan fingerprint density at radius 1 is 1.24 bits per heavy atom. The molecule has 2 saturated heterocycles. The summed E-state index contributed by atoms with van der Waals surface area (Å²) in [5, 5.41) is 24.5. The molecule has 3 unspecified atom stereocenters. The van der Waals surface area contributed by atoms with E-state index >= 15 is 8.78 Å². The summed E-state index contributed by atoms with van der Waals surface area (Å²) < 4.78 is 42.3. The highest BCUT2D eigenvalue weighted by molar-refractivity contribution is 7.03. The Bertz CT molecular complexity index is 1980. The molecule has 1 aliphatic carbocycles. The largest absolute Gasteiger partial charge is 0.508 e. The van der Waals surface area contributed by atoms with E-state index in [1.807, 2.05) is 11.1 Å². The summed E-state index contributed by atoms with van der Waals surface area (Å²) in [6.07, 6.45) is 14.2. The molecule has 0 radical (unpaired) electrons. The Labute approximate surface area is 294 Å². The van der Waals surface area contributed by atoms with Crippen LogP contribution in [0, 0.1) is 23.6 Å². The zero-order valence-electron chi connectivity index (χ0n) is 28.0. The average molecular weight is 699 g/mol. The number of phenolic OH excluding ortho intramolecular Hbond substituents is 1. The summed E-state index contributed by atoms with van der Waals surface area (Å²) in [6.45, 7) is 8.69. The molecule has 2 N–H and O–H groups in total. The molecule has 9 nitrogen and oxygen atoms in total. The number of rotatable bonds is 7. The second kappa shape index (κ2) is 13.8. The van der Waals surface area contributed by atoms with Gasteiger partial charge < -0.3 is 19.8 Å². The molecule has 260 valence electrons. The molecule has 0 amide bonds. The average Bonchev–Trinajstić information content (AvgIpc) is 3.73. The van der Waals surface area contributed by atoms with Crippen LogP contribution in [-0.4, -0.2) is 94.1 Å². The highest BCUT2D eigenvalue weighted by Crippen LogP contribution is 2.49. The Morgan fingerprint density at radius 3 is 2.86 bits per heavy atom. The number of piperidine rings is 1. The summed E-state index contributed by atoms with van der Waals surface area (Å²) in [4.78, 5) is 18.4. The zero-order chi connectivity index (χ0) is 35.0. The van der Waals surface area contributed by atoms with E-state index in [0.717, 1.165) is 45.2 Å². The standard InChI is InChI=1S/C38H40F2N6O3S/c1-4-27-30(39)9-8-25-15-26(47)16-28(32(25)27)34-33(40)35(29(18-42-34)36(41-3)46-13-14-49-23-37(2,48)22-46)43-21-38-10-5-7-31(38)45(12-6-11-38)19-24-17-44-50-20-24/h1,8-9,15-18,20,31,47-48H,3,5-7,10-14,19,21-23H2,2H3/b36-29+,43-35?. The number of likely N-dealkylation sites (tertiary alicyclic amines) is 1. The zero-order valence-corrected chi connectivity index (χ0v) is 28.9. The maximum absolute atomic E-state index is 17.4. The number of fused-ring (bicyclic) bond motifs is 2. The van der Waals surface area contributed by atoms with Gasteiger partial charge in [-0.3, -0.25) is 14.9 Å². The SMILES string of the molecule is C#Cc1c(F)ccc2cc(O)cc(C3=C(F)C(=NCC45CCCC4N(Cc4cnsc4)CCC5)/C(=C(\N=C)N4CCOCC(C)(O)C4)C=N3)c12. The minimum absolute atomic E-state index is 0.0385. The smallest absolute Gasteiger partial charge is 0.175 e. The molecule has 0 spiro atoms. The molecule has 12 heteroatoms. The maximum Gasteiger partial charge on any atom is 0.175 e.